The molecule has 3 aliphatic carbocycles. The SMILES string of the molecule is C1=C[C@H]2CC[C@@H]1C21CC1. The summed E-state index contributed by atoms with van der Waals surface area (Å²) in [6, 6.07) is 0. The summed E-state index contributed by atoms with van der Waals surface area (Å²) < 4.78 is 0. The summed E-state index contributed by atoms with van der Waals surface area (Å²) in [4.78, 5) is 0. The molecule has 0 aliphatic heterocycles. The second-order valence-corrected chi connectivity index (χ2v) is 3.91. The van der Waals surface area contributed by atoms with E-state index < -0.39 is 0 Å². The van der Waals surface area contributed by atoms with Gasteiger partial charge in [-0.05, 0) is 42.9 Å². The van der Waals surface area contributed by atoms with Crippen LogP contribution in [-0.2, 0) is 0 Å². The molecule has 0 nitrogen and oxygen atoms in total. The average Bonchev–Trinajstić information content (AvgIpc) is 2.53. The summed E-state index contributed by atoms with van der Waals surface area (Å²) in [6.45, 7) is 0. The molecule has 0 heteroatoms. The Labute approximate surface area is 56.0 Å². The van der Waals surface area contributed by atoms with Gasteiger partial charge in [-0.15, -0.1) is 0 Å². The molecule has 1 spiro atoms. The van der Waals surface area contributed by atoms with Crippen LogP contribution in [0.15, 0.2) is 12.2 Å². The fraction of sp³-hybridized carbons (Fsp3) is 0.778. The van der Waals surface area contributed by atoms with Crippen LogP contribution in [0.25, 0.3) is 0 Å². The molecule has 0 unspecified atom stereocenters. The van der Waals surface area contributed by atoms with Crippen LogP contribution in [0.5, 0.6) is 0 Å². The quantitative estimate of drug-likeness (QED) is 0.430. The average molecular weight is 120 g/mol. The highest BCUT2D eigenvalue weighted by atomic mass is 14.6. The zero-order valence-electron chi connectivity index (χ0n) is 5.64. The van der Waals surface area contributed by atoms with Gasteiger partial charge in [-0.3, -0.25) is 0 Å². The highest BCUT2D eigenvalue weighted by Gasteiger charge is 2.58. The predicted molar refractivity (Wildman–Crippen MR) is 37.0 cm³/mol. The van der Waals surface area contributed by atoms with Crippen LogP contribution in [0.3, 0.4) is 0 Å². The molecule has 48 valence electrons. The van der Waals surface area contributed by atoms with Crippen molar-refractivity contribution in [2.75, 3.05) is 0 Å². The molecule has 0 N–H and O–H groups in total. The van der Waals surface area contributed by atoms with Gasteiger partial charge in [0.25, 0.3) is 0 Å². The Morgan fingerprint density at radius 2 is 1.56 bits per heavy atom. The van der Waals surface area contributed by atoms with Crippen molar-refractivity contribution in [1.82, 2.24) is 0 Å². The Kier molecular flexibility index (Phi) is 0.564. The van der Waals surface area contributed by atoms with E-state index in [2.05, 4.69) is 12.2 Å². The molecular formula is C9H12. The molecule has 0 amide bonds. The Balaban J connectivity index is 2.10. The van der Waals surface area contributed by atoms with Gasteiger partial charge in [0.15, 0.2) is 0 Å². The van der Waals surface area contributed by atoms with Crippen LogP contribution < -0.4 is 0 Å². The van der Waals surface area contributed by atoms with E-state index in [1.807, 2.05) is 0 Å². The van der Waals surface area contributed by atoms with Crippen LogP contribution in [0.2, 0.25) is 0 Å². The Hall–Kier alpha value is -0.260. The van der Waals surface area contributed by atoms with Crippen molar-refractivity contribution in [3.63, 3.8) is 0 Å². The summed E-state index contributed by atoms with van der Waals surface area (Å²) in [5.41, 5.74) is 0.861. The van der Waals surface area contributed by atoms with Crippen molar-refractivity contribution in [1.29, 1.82) is 0 Å². The van der Waals surface area contributed by atoms with Crippen LogP contribution in [0.1, 0.15) is 25.7 Å². The maximum Gasteiger partial charge on any atom is -0.0171 e. The molecule has 9 heavy (non-hydrogen) atoms. The monoisotopic (exact) mass is 120 g/mol. The molecule has 0 aromatic carbocycles. The summed E-state index contributed by atoms with van der Waals surface area (Å²) in [5.74, 6) is 2.03. The molecule has 2 atom stereocenters. The van der Waals surface area contributed by atoms with E-state index in [4.69, 9.17) is 0 Å². The first-order chi connectivity index (χ1) is 4.42. The molecule has 0 aromatic rings. The summed E-state index contributed by atoms with van der Waals surface area (Å²) in [5, 5.41) is 0. The fourth-order valence-corrected chi connectivity index (χ4v) is 2.94. The van der Waals surface area contributed by atoms with Gasteiger partial charge in [0.1, 0.15) is 0 Å². The maximum atomic E-state index is 2.47. The largest absolute Gasteiger partial charge is 0.0845 e. The first kappa shape index (κ1) is 4.54. The van der Waals surface area contributed by atoms with E-state index >= 15 is 0 Å². The van der Waals surface area contributed by atoms with Gasteiger partial charge >= 0.3 is 0 Å². The first-order valence-corrected chi connectivity index (χ1v) is 4.10. The molecule has 0 heterocycles. The summed E-state index contributed by atoms with van der Waals surface area (Å²) in [7, 11) is 0. The zero-order valence-corrected chi connectivity index (χ0v) is 5.64. The van der Waals surface area contributed by atoms with Crippen molar-refractivity contribution in [3.8, 4) is 0 Å². The highest BCUT2D eigenvalue weighted by molar-refractivity contribution is 5.23. The molecule has 2 fully saturated rings. The van der Waals surface area contributed by atoms with Crippen molar-refractivity contribution >= 4 is 0 Å². The van der Waals surface area contributed by atoms with Crippen molar-refractivity contribution in [2.45, 2.75) is 25.7 Å². The molecule has 2 bridgehead atoms. The van der Waals surface area contributed by atoms with Gasteiger partial charge in [0.05, 0.1) is 0 Å². The third-order valence-electron chi connectivity index (χ3n) is 3.67. The van der Waals surface area contributed by atoms with E-state index in [1.54, 1.807) is 0 Å². The lowest BCUT2D eigenvalue weighted by molar-refractivity contribution is 0.405. The minimum atomic E-state index is 0.861. The normalized spacial score (nSPS) is 48.9. The lowest BCUT2D eigenvalue weighted by Gasteiger charge is -2.10. The predicted octanol–water partition coefficient (Wildman–Crippen LogP) is 2.36. The third-order valence-corrected chi connectivity index (χ3v) is 3.67. The fourth-order valence-electron chi connectivity index (χ4n) is 2.94. The lowest BCUT2D eigenvalue weighted by Crippen LogP contribution is -2.05. The van der Waals surface area contributed by atoms with Crippen LogP contribution in [-0.4, -0.2) is 0 Å². The minimum Gasteiger partial charge on any atom is -0.0845 e. The van der Waals surface area contributed by atoms with Crippen molar-refractivity contribution in [3.05, 3.63) is 12.2 Å². The number of rotatable bonds is 0. The van der Waals surface area contributed by atoms with Crippen LogP contribution in [0, 0.1) is 17.3 Å². The van der Waals surface area contributed by atoms with Gasteiger partial charge in [0.2, 0.25) is 0 Å². The van der Waals surface area contributed by atoms with Crippen molar-refractivity contribution in [2.24, 2.45) is 17.3 Å². The van der Waals surface area contributed by atoms with E-state index in [1.165, 1.54) is 25.7 Å². The second-order valence-electron chi connectivity index (χ2n) is 3.91. The third kappa shape index (κ3) is 0.357. The molecule has 3 rings (SSSR count). The van der Waals surface area contributed by atoms with Gasteiger partial charge in [-0.1, -0.05) is 12.2 Å². The van der Waals surface area contributed by atoms with Crippen molar-refractivity contribution < 1.29 is 0 Å². The summed E-state index contributed by atoms with van der Waals surface area (Å²) >= 11 is 0. The molecule has 3 aliphatic rings. The smallest absolute Gasteiger partial charge is 0.0171 e. The Morgan fingerprint density at radius 1 is 1.00 bits per heavy atom. The Morgan fingerprint density at radius 3 is 1.78 bits per heavy atom. The van der Waals surface area contributed by atoms with E-state index in [-0.39, 0.29) is 0 Å². The molecular weight excluding hydrogens is 108 g/mol. The van der Waals surface area contributed by atoms with E-state index in [9.17, 15) is 0 Å². The Bertz CT molecular complexity index is 158. The van der Waals surface area contributed by atoms with Gasteiger partial charge in [-0.2, -0.15) is 0 Å². The topological polar surface area (TPSA) is 0 Å². The van der Waals surface area contributed by atoms with Gasteiger partial charge < -0.3 is 0 Å². The number of hydrogen-bond acceptors (Lipinski definition) is 0. The van der Waals surface area contributed by atoms with Gasteiger partial charge in [0, 0.05) is 0 Å². The highest BCUT2D eigenvalue weighted by Crippen LogP contribution is 2.68. The zero-order chi connectivity index (χ0) is 5.90. The number of hydrogen-bond donors (Lipinski definition) is 0. The standard InChI is InChI=1S/C9H12/c1-2-8-4-3-7(1)9(8)5-6-9/h1-2,7-8H,3-6H2/t7-,8+. The molecule has 0 saturated heterocycles. The second kappa shape index (κ2) is 1.12. The minimum absolute atomic E-state index is 0.861. The molecule has 0 aromatic heterocycles. The summed E-state index contributed by atoms with van der Waals surface area (Å²) in [6.07, 6.45) is 11.0. The van der Waals surface area contributed by atoms with Gasteiger partial charge in [-0.25, -0.2) is 0 Å². The van der Waals surface area contributed by atoms with E-state index in [0.29, 0.717) is 0 Å². The maximum absolute atomic E-state index is 2.47. The van der Waals surface area contributed by atoms with E-state index in [0.717, 1.165) is 17.3 Å². The first-order valence-electron chi connectivity index (χ1n) is 4.10. The number of allylic oxidation sites excluding steroid dienone is 2. The lowest BCUT2D eigenvalue weighted by atomic mass is 9.93. The van der Waals surface area contributed by atoms with Crippen LogP contribution >= 0.6 is 0 Å². The molecule has 0 radical (unpaired) electrons. The molecule has 2 saturated carbocycles. The van der Waals surface area contributed by atoms with Crippen LogP contribution in [0.4, 0.5) is 0 Å².